The van der Waals surface area contributed by atoms with Crippen molar-refractivity contribution >= 4 is 16.9 Å². The first-order valence-electron chi connectivity index (χ1n) is 4.01. The Bertz CT molecular complexity index is 565. The molecule has 2 N–H and O–H groups in total. The highest BCUT2D eigenvalue weighted by Crippen LogP contribution is 2.13. The molecule has 2 heterocycles. The maximum atomic E-state index is 11.3. The van der Waals surface area contributed by atoms with Crippen molar-refractivity contribution < 1.29 is 9.90 Å². The van der Waals surface area contributed by atoms with Gasteiger partial charge in [0, 0.05) is 13.2 Å². The summed E-state index contributed by atoms with van der Waals surface area (Å²) in [5, 5.41) is 9.22. The van der Waals surface area contributed by atoms with Gasteiger partial charge in [-0.25, -0.2) is 4.79 Å². The lowest BCUT2D eigenvalue weighted by Crippen LogP contribution is -2.04. The number of nitrogens with one attached hydrogen (secondary N) is 1. The van der Waals surface area contributed by atoms with Gasteiger partial charge < -0.3 is 14.7 Å². The third kappa shape index (κ3) is 1.02. The highest BCUT2D eigenvalue weighted by molar-refractivity contribution is 5.94. The molecule has 0 aliphatic rings. The predicted octanol–water partition coefficient (Wildman–Crippen LogP) is 0.565. The Hall–Kier alpha value is -2.04. The van der Waals surface area contributed by atoms with Crippen LogP contribution >= 0.6 is 0 Å². The summed E-state index contributed by atoms with van der Waals surface area (Å²) in [6.07, 6.45) is 1.50. The van der Waals surface area contributed by atoms with Gasteiger partial charge in [-0.05, 0) is 12.1 Å². The summed E-state index contributed by atoms with van der Waals surface area (Å²) >= 11 is 0. The Labute approximate surface area is 78.6 Å². The molecule has 0 aliphatic carbocycles. The van der Waals surface area contributed by atoms with E-state index in [0.717, 1.165) is 0 Å². The normalized spacial score (nSPS) is 10.6. The van der Waals surface area contributed by atoms with Gasteiger partial charge in [0.15, 0.2) is 0 Å². The number of carboxylic acid groups (broad SMARTS) is 1. The van der Waals surface area contributed by atoms with Crippen LogP contribution in [0.4, 0.5) is 0 Å². The molecule has 2 aromatic rings. The van der Waals surface area contributed by atoms with E-state index < -0.39 is 5.97 Å². The molecule has 0 unspecified atom stereocenters. The van der Waals surface area contributed by atoms with Crippen molar-refractivity contribution in [1.29, 1.82) is 0 Å². The number of carbonyl (C=O) groups is 1. The molecule has 5 nitrogen and oxygen atoms in total. The molecule has 0 spiro atoms. The third-order valence-electron chi connectivity index (χ3n) is 2.20. The van der Waals surface area contributed by atoms with E-state index in [-0.39, 0.29) is 11.3 Å². The summed E-state index contributed by atoms with van der Waals surface area (Å²) < 4.78 is 1.48. The van der Waals surface area contributed by atoms with E-state index in [1.165, 1.54) is 16.8 Å². The fourth-order valence-corrected chi connectivity index (χ4v) is 1.48. The van der Waals surface area contributed by atoms with Gasteiger partial charge in [0.2, 0.25) is 0 Å². The van der Waals surface area contributed by atoms with E-state index >= 15 is 0 Å². The fourth-order valence-electron chi connectivity index (χ4n) is 1.48. The number of aromatic amines is 1. The topological polar surface area (TPSA) is 75.1 Å². The summed E-state index contributed by atoms with van der Waals surface area (Å²) in [6.45, 7) is 0. The van der Waals surface area contributed by atoms with E-state index in [9.17, 15) is 9.59 Å². The highest BCUT2D eigenvalue weighted by atomic mass is 16.4. The molecule has 14 heavy (non-hydrogen) atoms. The van der Waals surface area contributed by atoms with Crippen LogP contribution in [0.15, 0.2) is 23.1 Å². The molecule has 2 aromatic heterocycles. The molecule has 0 amide bonds. The van der Waals surface area contributed by atoms with Gasteiger partial charge in [0.05, 0.1) is 10.9 Å². The smallest absolute Gasteiger partial charge is 0.352 e. The Morgan fingerprint density at radius 3 is 2.86 bits per heavy atom. The summed E-state index contributed by atoms with van der Waals surface area (Å²) in [6, 6.07) is 3.04. The zero-order valence-electron chi connectivity index (χ0n) is 7.44. The van der Waals surface area contributed by atoms with Gasteiger partial charge >= 0.3 is 5.97 Å². The lowest BCUT2D eigenvalue weighted by Gasteiger charge is -1.97. The predicted molar refractivity (Wildman–Crippen MR) is 50.5 cm³/mol. The Kier molecular flexibility index (Phi) is 1.67. The molecule has 0 saturated carbocycles. The van der Waals surface area contributed by atoms with E-state index in [0.29, 0.717) is 10.9 Å². The van der Waals surface area contributed by atoms with Crippen LogP contribution in [0.3, 0.4) is 0 Å². The molecule has 0 aromatic carbocycles. The van der Waals surface area contributed by atoms with Crippen LogP contribution < -0.4 is 5.56 Å². The number of aromatic nitrogens is 2. The first-order chi connectivity index (χ1) is 6.61. The van der Waals surface area contributed by atoms with Gasteiger partial charge in [0.1, 0.15) is 5.69 Å². The summed E-state index contributed by atoms with van der Waals surface area (Å²) in [4.78, 5) is 24.6. The molecule has 0 bridgehead atoms. The maximum absolute atomic E-state index is 11.3. The molecule has 72 valence electrons. The number of H-pyrrole nitrogens is 1. The second-order valence-electron chi connectivity index (χ2n) is 3.00. The minimum absolute atomic E-state index is 0.108. The van der Waals surface area contributed by atoms with Gasteiger partial charge in [-0.3, -0.25) is 4.79 Å². The number of rotatable bonds is 1. The quantitative estimate of drug-likeness (QED) is 0.693. The second kappa shape index (κ2) is 2.73. The Morgan fingerprint density at radius 2 is 2.29 bits per heavy atom. The van der Waals surface area contributed by atoms with Gasteiger partial charge in [0.25, 0.3) is 5.56 Å². The molecule has 0 atom stereocenters. The van der Waals surface area contributed by atoms with E-state index in [1.54, 1.807) is 13.1 Å². The Balaban J connectivity index is 2.93. The summed E-state index contributed by atoms with van der Waals surface area (Å²) in [5.74, 6) is -1.04. The first-order valence-corrected chi connectivity index (χ1v) is 4.01. The maximum Gasteiger partial charge on any atom is 0.352 e. The van der Waals surface area contributed by atoms with Crippen molar-refractivity contribution in [2.75, 3.05) is 0 Å². The van der Waals surface area contributed by atoms with Crippen LogP contribution in [-0.4, -0.2) is 20.6 Å². The lowest BCUT2D eigenvalue weighted by molar-refractivity contribution is 0.0687. The van der Waals surface area contributed by atoms with Crippen molar-refractivity contribution in [3.8, 4) is 0 Å². The van der Waals surface area contributed by atoms with Crippen LogP contribution in [0.2, 0.25) is 0 Å². The van der Waals surface area contributed by atoms with E-state index in [1.807, 2.05) is 0 Å². The number of fused-ring (bicyclic) bond motifs is 1. The number of aryl methyl sites for hydroxylation is 1. The highest BCUT2D eigenvalue weighted by Gasteiger charge is 2.12. The van der Waals surface area contributed by atoms with Gasteiger partial charge in [-0.15, -0.1) is 0 Å². The minimum Gasteiger partial charge on any atom is -0.477 e. The standard InChI is InChI=1S/C9H8N2O3/c1-11-6-2-3-10-8(12)5(6)4-7(11)9(13)14/h2-4H,1H3,(H,10,12)(H,13,14). The average Bonchev–Trinajstić information content (AvgIpc) is 2.46. The monoisotopic (exact) mass is 192 g/mol. The first kappa shape index (κ1) is 8.55. The largest absolute Gasteiger partial charge is 0.477 e. The second-order valence-corrected chi connectivity index (χ2v) is 3.00. The fraction of sp³-hybridized carbons (Fsp3) is 0.111. The third-order valence-corrected chi connectivity index (χ3v) is 2.20. The van der Waals surface area contributed by atoms with Crippen molar-refractivity contribution in [1.82, 2.24) is 9.55 Å². The Morgan fingerprint density at radius 1 is 1.57 bits per heavy atom. The zero-order chi connectivity index (χ0) is 10.3. The zero-order valence-corrected chi connectivity index (χ0v) is 7.44. The molecule has 0 saturated heterocycles. The van der Waals surface area contributed by atoms with Crippen LogP contribution in [0.1, 0.15) is 10.5 Å². The van der Waals surface area contributed by atoms with Gasteiger partial charge in [-0.1, -0.05) is 0 Å². The molecule has 2 rings (SSSR count). The molecule has 0 aliphatic heterocycles. The van der Waals surface area contributed by atoms with Crippen molar-refractivity contribution in [2.45, 2.75) is 0 Å². The molecule has 0 fully saturated rings. The number of pyridine rings is 1. The number of aromatic carboxylic acids is 1. The van der Waals surface area contributed by atoms with Gasteiger partial charge in [-0.2, -0.15) is 0 Å². The van der Waals surface area contributed by atoms with E-state index in [4.69, 9.17) is 5.11 Å². The average molecular weight is 192 g/mol. The molecular weight excluding hydrogens is 184 g/mol. The van der Waals surface area contributed by atoms with Crippen LogP contribution in [-0.2, 0) is 7.05 Å². The van der Waals surface area contributed by atoms with Crippen LogP contribution in [0.5, 0.6) is 0 Å². The summed E-state index contributed by atoms with van der Waals surface area (Å²) in [5.41, 5.74) is 0.452. The van der Waals surface area contributed by atoms with Crippen molar-refractivity contribution in [3.05, 3.63) is 34.4 Å². The number of hydrogen-bond acceptors (Lipinski definition) is 2. The molecule has 5 heteroatoms. The number of hydrogen-bond donors (Lipinski definition) is 2. The summed E-state index contributed by atoms with van der Waals surface area (Å²) in [7, 11) is 1.62. The van der Waals surface area contributed by atoms with Crippen molar-refractivity contribution in [2.24, 2.45) is 7.05 Å². The van der Waals surface area contributed by atoms with Crippen LogP contribution in [0, 0.1) is 0 Å². The van der Waals surface area contributed by atoms with E-state index in [2.05, 4.69) is 4.98 Å². The van der Waals surface area contributed by atoms with Crippen molar-refractivity contribution in [3.63, 3.8) is 0 Å². The number of nitrogens with zero attached hydrogens (tertiary/aromatic N) is 1. The molecular formula is C9H8N2O3. The SMILES string of the molecule is Cn1c(C(=O)O)cc2c(=O)[nH]ccc21. The number of carboxylic acids is 1. The van der Waals surface area contributed by atoms with Crippen LogP contribution in [0.25, 0.3) is 10.9 Å². The lowest BCUT2D eigenvalue weighted by atomic mass is 10.3. The minimum atomic E-state index is -1.04. The molecule has 0 radical (unpaired) electrons.